The lowest BCUT2D eigenvalue weighted by Crippen LogP contribution is -2.25. The zero-order valence-corrected chi connectivity index (χ0v) is 35.9. The first-order chi connectivity index (χ1) is 29.3. The number of nitrogens with one attached hydrogen (secondary N) is 4. The second kappa shape index (κ2) is 15.1. The summed E-state index contributed by atoms with van der Waals surface area (Å²) in [5.74, 6) is -0.0837. The third kappa shape index (κ3) is 7.46. The smallest absolute Gasteiger partial charge is 0.294 e. The molecule has 0 spiro atoms. The van der Waals surface area contributed by atoms with E-state index in [-0.39, 0.29) is 113 Å². The average Bonchev–Trinajstić information content (AvgIpc) is 3.96. The van der Waals surface area contributed by atoms with Gasteiger partial charge in [0, 0.05) is 68.6 Å². The fourth-order valence-corrected chi connectivity index (χ4v) is 10.5. The topological polar surface area (TPSA) is 316 Å². The van der Waals surface area contributed by atoms with Crippen molar-refractivity contribution in [2.24, 2.45) is 5.14 Å². The van der Waals surface area contributed by atoms with Crippen LogP contribution in [0.4, 0.5) is 0 Å². The molecule has 0 unspecified atom stereocenters. The van der Waals surface area contributed by atoms with Gasteiger partial charge in [-0.3, -0.25) is 4.55 Å². The Morgan fingerprint density at radius 3 is 1.31 bits per heavy atom. The highest BCUT2D eigenvalue weighted by atomic mass is 35.5. The molecule has 2 aliphatic rings. The third-order valence-corrected chi connectivity index (χ3v) is 14.8. The van der Waals surface area contributed by atoms with Gasteiger partial charge in [-0.25, -0.2) is 69.7 Å². The van der Waals surface area contributed by atoms with Gasteiger partial charge in [0.1, 0.15) is 22.6 Å². The standard InChI is InChI=1S/C36H27Cl2N11O9S4/c37-9-11-40-60(52,53)18-2-6-22-26(14-18)34-44-29-21-5-1-17(59(39,50)51)13-25(21)33(42-29)43-32-24-8-4-20(62(56,57)58)16-28(24)36(49-32)48-31-23-7-3-19(61(54,55)41-12-10-38)15-27(23)35(47-31)46-30(22)45-34/h1-8,13-16,40-41H,9-12H2,(H2,39,50,51)(H,56,57,58)(H2,42,43,44,45,46,47,48,49). The van der Waals surface area contributed by atoms with E-state index in [9.17, 15) is 38.2 Å². The maximum Gasteiger partial charge on any atom is 0.294 e. The lowest BCUT2D eigenvalue weighted by molar-refractivity contribution is 0.483. The Balaban J connectivity index is 1.44. The summed E-state index contributed by atoms with van der Waals surface area (Å²) in [6, 6.07) is 16.0. The quantitative estimate of drug-likeness (QED) is 0.0839. The highest BCUT2D eigenvalue weighted by Gasteiger charge is 2.27. The Bertz CT molecular complexity index is 3740. The maximum absolute atomic E-state index is 13.3. The fraction of sp³-hybridized carbons (Fsp3) is 0.111. The Hall–Kier alpha value is -5.54. The minimum Gasteiger partial charge on any atom is -0.324 e. The maximum atomic E-state index is 13.3. The molecule has 9 rings (SSSR count). The number of benzene rings is 4. The molecule has 0 atom stereocenters. The van der Waals surface area contributed by atoms with Crippen molar-refractivity contribution >= 4 is 108 Å². The van der Waals surface area contributed by atoms with E-state index in [0.29, 0.717) is 16.5 Å². The molecule has 0 fully saturated rings. The molecule has 318 valence electrons. The second-order valence-corrected chi connectivity index (χ2v) is 20.9. The lowest BCUT2D eigenvalue weighted by atomic mass is 10.1. The molecule has 0 saturated carbocycles. The van der Waals surface area contributed by atoms with E-state index in [0.717, 1.165) is 6.07 Å². The van der Waals surface area contributed by atoms with E-state index >= 15 is 0 Å². The number of alkyl halides is 2. The predicted molar refractivity (Wildman–Crippen MR) is 229 cm³/mol. The van der Waals surface area contributed by atoms with Crippen molar-refractivity contribution in [3.8, 4) is 45.6 Å². The van der Waals surface area contributed by atoms with Crippen LogP contribution in [-0.2, 0) is 40.2 Å². The van der Waals surface area contributed by atoms with Crippen LogP contribution in [0.15, 0.2) is 92.4 Å². The monoisotopic (exact) mass is 955 g/mol. The molecule has 26 heteroatoms. The van der Waals surface area contributed by atoms with E-state index in [1.54, 1.807) is 0 Å². The Morgan fingerprint density at radius 1 is 0.484 bits per heavy atom. The lowest BCUT2D eigenvalue weighted by Gasteiger charge is -2.07. The van der Waals surface area contributed by atoms with Crippen molar-refractivity contribution in [2.45, 2.75) is 19.6 Å². The van der Waals surface area contributed by atoms with E-state index in [2.05, 4.69) is 24.4 Å². The van der Waals surface area contributed by atoms with E-state index < -0.39 is 45.1 Å². The minimum absolute atomic E-state index is 0.00195. The van der Waals surface area contributed by atoms with Crippen molar-refractivity contribution in [2.75, 3.05) is 24.8 Å². The molecule has 0 amide bonds. The number of nitrogens with zero attached hydrogens (tertiary/aromatic N) is 6. The van der Waals surface area contributed by atoms with Crippen LogP contribution >= 0.6 is 23.2 Å². The highest BCUT2D eigenvalue weighted by molar-refractivity contribution is 7.90. The molecule has 0 radical (unpaired) electrons. The Labute approximate surface area is 360 Å². The molecule has 2 aliphatic heterocycles. The van der Waals surface area contributed by atoms with Gasteiger partial charge in [-0.15, -0.1) is 23.2 Å². The highest BCUT2D eigenvalue weighted by Crippen LogP contribution is 2.39. The SMILES string of the molecule is NS(=O)(=O)c1ccc2c(c1)-c1nc-2nc2[nH]c(nc3nc(nc4[nH]c(n1)c1ccc(S(=O)(=O)O)cc41)-c1ccc(S(=O)(=O)NCCCl)cc1-3)c1ccc(S(=O)(=O)NCCCl)cc21. The number of nitrogens with two attached hydrogens (primary N) is 1. The largest absolute Gasteiger partial charge is 0.324 e. The zero-order chi connectivity index (χ0) is 43.9. The van der Waals surface area contributed by atoms with Crippen molar-refractivity contribution in [1.82, 2.24) is 49.3 Å². The summed E-state index contributed by atoms with van der Waals surface area (Å²) >= 11 is 11.5. The van der Waals surface area contributed by atoms with Crippen LogP contribution in [0.5, 0.6) is 0 Å². The van der Waals surface area contributed by atoms with Gasteiger partial charge in [0.15, 0.2) is 23.3 Å². The molecule has 4 aromatic carbocycles. The summed E-state index contributed by atoms with van der Waals surface area (Å²) in [4.78, 5) is 33.6. The van der Waals surface area contributed by atoms with E-state index in [4.69, 9.17) is 53.3 Å². The molecule has 20 nitrogen and oxygen atoms in total. The summed E-state index contributed by atoms with van der Waals surface area (Å²) in [5, 5.41) is 6.54. The van der Waals surface area contributed by atoms with Gasteiger partial charge in [0.05, 0.1) is 19.6 Å². The van der Waals surface area contributed by atoms with Crippen molar-refractivity contribution in [1.29, 1.82) is 0 Å². The number of H-pyrrole nitrogens is 2. The van der Waals surface area contributed by atoms with Gasteiger partial charge < -0.3 is 9.97 Å². The normalized spacial score (nSPS) is 13.1. The van der Waals surface area contributed by atoms with Crippen molar-refractivity contribution in [3.05, 3.63) is 72.8 Å². The molecular formula is C36H27Cl2N11O9S4. The molecule has 7 N–H and O–H groups in total. The number of aromatic nitrogens is 8. The number of halogens is 2. The van der Waals surface area contributed by atoms with Gasteiger partial charge in [-0.2, -0.15) is 8.42 Å². The summed E-state index contributed by atoms with van der Waals surface area (Å²) in [5.41, 5.74) is 1.22. The molecule has 0 saturated heterocycles. The fourth-order valence-electron chi connectivity index (χ4n) is 6.89. The molecule has 62 heavy (non-hydrogen) atoms. The summed E-state index contributed by atoms with van der Waals surface area (Å²) in [7, 11) is -17.1. The van der Waals surface area contributed by atoms with Gasteiger partial charge in [-0.05, 0) is 72.8 Å². The van der Waals surface area contributed by atoms with Crippen LogP contribution < -0.4 is 14.6 Å². The van der Waals surface area contributed by atoms with Gasteiger partial charge in [-0.1, -0.05) is 0 Å². The third-order valence-electron chi connectivity index (χ3n) is 9.74. The van der Waals surface area contributed by atoms with Crippen molar-refractivity contribution < 1.29 is 38.2 Å². The number of fused-ring (bicyclic) bond motifs is 20. The van der Waals surface area contributed by atoms with Crippen LogP contribution in [0, 0.1) is 0 Å². The minimum atomic E-state index is -4.72. The van der Waals surface area contributed by atoms with Crippen LogP contribution in [0.25, 0.3) is 89.7 Å². The van der Waals surface area contributed by atoms with Gasteiger partial charge in [0.25, 0.3) is 10.1 Å². The second-order valence-electron chi connectivity index (χ2n) is 13.6. The summed E-state index contributed by atoms with van der Waals surface area (Å²) in [6.45, 7) is -0.107. The van der Waals surface area contributed by atoms with Crippen LogP contribution in [0.3, 0.4) is 0 Å². The molecular weight excluding hydrogens is 930 g/mol. The van der Waals surface area contributed by atoms with Crippen LogP contribution in [0.2, 0.25) is 0 Å². The molecule has 8 bridgehead atoms. The average molecular weight is 957 g/mol. The first-order valence-corrected chi connectivity index (χ1v) is 24.9. The van der Waals surface area contributed by atoms with Crippen LogP contribution in [0.1, 0.15) is 0 Å². The van der Waals surface area contributed by atoms with Crippen LogP contribution in [-0.4, -0.2) is 103 Å². The number of sulfonamides is 3. The number of hydrogen-bond donors (Lipinski definition) is 6. The molecule has 7 aromatic rings. The molecule has 0 aliphatic carbocycles. The Kier molecular flexibility index (Phi) is 10.2. The van der Waals surface area contributed by atoms with Gasteiger partial charge >= 0.3 is 0 Å². The summed E-state index contributed by atoms with van der Waals surface area (Å²) < 4.78 is 118. The summed E-state index contributed by atoms with van der Waals surface area (Å²) in [6.07, 6.45) is 0. The van der Waals surface area contributed by atoms with Crippen molar-refractivity contribution in [3.63, 3.8) is 0 Å². The number of hydrogen-bond acceptors (Lipinski definition) is 14. The van der Waals surface area contributed by atoms with E-state index in [1.807, 2.05) is 0 Å². The Morgan fingerprint density at radius 2 is 0.855 bits per heavy atom. The molecule has 5 heterocycles. The first-order valence-electron chi connectivity index (χ1n) is 17.9. The van der Waals surface area contributed by atoms with Gasteiger partial charge in [0.2, 0.25) is 30.1 Å². The van der Waals surface area contributed by atoms with E-state index in [1.165, 1.54) is 66.7 Å². The first kappa shape index (κ1) is 41.8. The number of primary sulfonamides is 1. The number of aromatic amines is 2. The molecule has 3 aromatic heterocycles. The predicted octanol–water partition coefficient (Wildman–Crippen LogP) is 3.80. The zero-order valence-electron chi connectivity index (χ0n) is 31.1. The number of rotatable bonds is 10.